The number of rotatable bonds is 9. The molecular formula is C18H35IN4O2. The summed E-state index contributed by atoms with van der Waals surface area (Å²) in [4.78, 5) is 7.17. The van der Waals surface area contributed by atoms with E-state index in [9.17, 15) is 5.11 Å². The van der Waals surface area contributed by atoms with E-state index < -0.39 is 6.10 Å². The Hall–Kier alpha value is -0.120. The molecule has 1 atom stereocenters. The minimum atomic E-state index is -0.518. The third-order valence-electron chi connectivity index (χ3n) is 5.10. The summed E-state index contributed by atoms with van der Waals surface area (Å²) < 4.78 is 5.54. The number of halogens is 1. The fourth-order valence-electron chi connectivity index (χ4n) is 3.27. The molecule has 7 heteroatoms. The van der Waals surface area contributed by atoms with Crippen LogP contribution in [0, 0.1) is 5.92 Å². The van der Waals surface area contributed by atoms with Crippen LogP contribution < -0.4 is 10.6 Å². The predicted molar refractivity (Wildman–Crippen MR) is 112 cm³/mol. The summed E-state index contributed by atoms with van der Waals surface area (Å²) in [5.41, 5.74) is 0. The molecule has 0 spiro atoms. The lowest BCUT2D eigenvalue weighted by atomic mass is 10.1. The van der Waals surface area contributed by atoms with Crippen molar-refractivity contribution in [2.24, 2.45) is 10.9 Å². The minimum absolute atomic E-state index is 0. The molecule has 1 unspecified atom stereocenters. The van der Waals surface area contributed by atoms with Crippen molar-refractivity contribution < 1.29 is 9.84 Å². The molecule has 1 heterocycles. The van der Waals surface area contributed by atoms with Crippen LogP contribution in [0.3, 0.4) is 0 Å². The molecule has 1 aliphatic heterocycles. The molecule has 0 bridgehead atoms. The molecule has 1 saturated heterocycles. The third-order valence-corrected chi connectivity index (χ3v) is 5.10. The lowest BCUT2D eigenvalue weighted by Crippen LogP contribution is -2.49. The van der Waals surface area contributed by atoms with Crippen molar-refractivity contribution in [1.29, 1.82) is 0 Å². The van der Waals surface area contributed by atoms with Crippen molar-refractivity contribution in [2.45, 2.75) is 63.6 Å². The number of guanidine groups is 1. The highest BCUT2D eigenvalue weighted by Crippen LogP contribution is 2.29. The molecule has 3 aliphatic rings. The fraction of sp³-hybridized carbons (Fsp3) is 0.944. The maximum atomic E-state index is 10.0. The van der Waals surface area contributed by atoms with Gasteiger partial charge in [-0.3, -0.25) is 4.99 Å². The first-order valence-corrected chi connectivity index (χ1v) is 9.79. The number of ether oxygens (including phenoxy) is 1. The van der Waals surface area contributed by atoms with Crippen LogP contribution in [0.2, 0.25) is 0 Å². The Morgan fingerprint density at radius 1 is 1.20 bits per heavy atom. The normalized spacial score (nSPS) is 23.8. The van der Waals surface area contributed by atoms with E-state index in [2.05, 4.69) is 27.4 Å². The van der Waals surface area contributed by atoms with Gasteiger partial charge in [0.05, 0.1) is 19.3 Å². The van der Waals surface area contributed by atoms with Crippen molar-refractivity contribution in [2.75, 3.05) is 39.4 Å². The number of nitrogens with one attached hydrogen (secondary N) is 2. The number of hydrogen-bond donors (Lipinski definition) is 3. The Bertz CT molecular complexity index is 408. The van der Waals surface area contributed by atoms with Gasteiger partial charge in [-0.05, 0) is 51.4 Å². The molecule has 25 heavy (non-hydrogen) atoms. The number of piperidine rings is 1. The number of aliphatic hydroxyl groups is 1. The molecule has 0 amide bonds. The Kier molecular flexibility index (Phi) is 9.23. The molecule has 0 aromatic rings. The molecule has 3 fully saturated rings. The van der Waals surface area contributed by atoms with Gasteiger partial charge in [0, 0.05) is 38.3 Å². The number of aliphatic hydroxyl groups excluding tert-OH is 1. The summed E-state index contributed by atoms with van der Waals surface area (Å²) in [6.45, 7) is 6.86. The van der Waals surface area contributed by atoms with Crippen molar-refractivity contribution >= 4 is 29.9 Å². The average molecular weight is 466 g/mol. The summed E-state index contributed by atoms with van der Waals surface area (Å²) in [7, 11) is 0. The lowest BCUT2D eigenvalue weighted by molar-refractivity contribution is 0.0368. The van der Waals surface area contributed by atoms with Gasteiger partial charge in [-0.2, -0.15) is 0 Å². The minimum Gasteiger partial charge on any atom is -0.389 e. The molecule has 3 rings (SSSR count). The number of aliphatic imine (C=N–C) groups is 1. The summed E-state index contributed by atoms with van der Waals surface area (Å²) in [5.74, 6) is 1.56. The van der Waals surface area contributed by atoms with Gasteiger partial charge in [0.25, 0.3) is 0 Å². The van der Waals surface area contributed by atoms with Crippen molar-refractivity contribution in [1.82, 2.24) is 15.5 Å². The highest BCUT2D eigenvalue weighted by molar-refractivity contribution is 14.0. The zero-order valence-corrected chi connectivity index (χ0v) is 17.8. The van der Waals surface area contributed by atoms with Crippen molar-refractivity contribution in [3.63, 3.8) is 0 Å². The second-order valence-electron chi connectivity index (χ2n) is 7.54. The standard InChI is InChI=1S/C18H34N4O2.HI/c1-2-19-18(20-11-17(23)13-24-12-14-3-4-14)21-15-7-9-22(10-8-15)16-5-6-16;/h14-17,23H,2-13H2,1H3,(H2,19,20,21);1H. The Labute approximate surface area is 169 Å². The van der Waals surface area contributed by atoms with E-state index >= 15 is 0 Å². The zero-order valence-electron chi connectivity index (χ0n) is 15.5. The number of nitrogens with zero attached hydrogens (tertiary/aromatic N) is 2. The van der Waals surface area contributed by atoms with Crippen LogP contribution in [-0.2, 0) is 4.74 Å². The van der Waals surface area contributed by atoms with Gasteiger partial charge in [0.1, 0.15) is 0 Å². The predicted octanol–water partition coefficient (Wildman–Crippen LogP) is 1.57. The Balaban J connectivity index is 0.00000225. The van der Waals surface area contributed by atoms with Gasteiger partial charge in [-0.1, -0.05) is 0 Å². The molecule has 0 aromatic heterocycles. The maximum absolute atomic E-state index is 10.0. The van der Waals surface area contributed by atoms with Crippen LogP contribution in [0.5, 0.6) is 0 Å². The smallest absolute Gasteiger partial charge is 0.191 e. The Morgan fingerprint density at radius 3 is 2.52 bits per heavy atom. The highest BCUT2D eigenvalue weighted by atomic mass is 127. The summed E-state index contributed by atoms with van der Waals surface area (Å²) in [6, 6.07) is 1.36. The van der Waals surface area contributed by atoms with E-state index in [-0.39, 0.29) is 24.0 Å². The van der Waals surface area contributed by atoms with Crippen LogP contribution in [0.15, 0.2) is 4.99 Å². The quantitative estimate of drug-likeness (QED) is 0.274. The zero-order chi connectivity index (χ0) is 16.8. The molecule has 2 aliphatic carbocycles. The largest absolute Gasteiger partial charge is 0.389 e. The molecule has 2 saturated carbocycles. The monoisotopic (exact) mass is 466 g/mol. The molecule has 0 aromatic carbocycles. The van der Waals surface area contributed by atoms with Gasteiger partial charge in [0.2, 0.25) is 0 Å². The SMILES string of the molecule is CCNC(=NCC(O)COCC1CC1)NC1CCN(C2CC2)CC1.I. The fourth-order valence-corrected chi connectivity index (χ4v) is 3.27. The van der Waals surface area contributed by atoms with Crippen LogP contribution in [0.25, 0.3) is 0 Å². The maximum Gasteiger partial charge on any atom is 0.191 e. The molecule has 0 radical (unpaired) electrons. The topological polar surface area (TPSA) is 69.1 Å². The van der Waals surface area contributed by atoms with E-state index in [1.807, 2.05) is 0 Å². The van der Waals surface area contributed by atoms with E-state index in [0.717, 1.165) is 31.1 Å². The first kappa shape index (κ1) is 21.2. The van der Waals surface area contributed by atoms with Gasteiger partial charge in [0.15, 0.2) is 5.96 Å². The highest BCUT2D eigenvalue weighted by Gasteiger charge is 2.31. The first-order chi connectivity index (χ1) is 11.7. The van der Waals surface area contributed by atoms with Crippen LogP contribution in [0.1, 0.15) is 45.4 Å². The van der Waals surface area contributed by atoms with E-state index in [1.54, 1.807) is 0 Å². The van der Waals surface area contributed by atoms with Gasteiger partial charge >= 0.3 is 0 Å². The Morgan fingerprint density at radius 2 is 1.92 bits per heavy atom. The second kappa shape index (κ2) is 10.9. The molecule has 6 nitrogen and oxygen atoms in total. The molecular weight excluding hydrogens is 431 g/mol. The number of hydrogen-bond acceptors (Lipinski definition) is 4. The van der Waals surface area contributed by atoms with E-state index in [1.165, 1.54) is 51.6 Å². The van der Waals surface area contributed by atoms with Crippen LogP contribution >= 0.6 is 24.0 Å². The van der Waals surface area contributed by atoms with Crippen LogP contribution in [0.4, 0.5) is 0 Å². The molecule has 146 valence electrons. The van der Waals surface area contributed by atoms with Gasteiger partial charge in [-0.25, -0.2) is 0 Å². The van der Waals surface area contributed by atoms with Gasteiger partial charge < -0.3 is 25.4 Å². The summed E-state index contributed by atoms with van der Waals surface area (Å²) in [5, 5.41) is 16.8. The number of likely N-dealkylation sites (tertiary alicyclic amines) is 1. The lowest BCUT2D eigenvalue weighted by Gasteiger charge is -2.33. The van der Waals surface area contributed by atoms with Crippen molar-refractivity contribution in [3.05, 3.63) is 0 Å². The first-order valence-electron chi connectivity index (χ1n) is 9.79. The molecule has 3 N–H and O–H groups in total. The van der Waals surface area contributed by atoms with Gasteiger partial charge in [-0.15, -0.1) is 24.0 Å². The van der Waals surface area contributed by atoms with Crippen LogP contribution in [-0.4, -0.2) is 73.5 Å². The van der Waals surface area contributed by atoms with E-state index in [4.69, 9.17) is 4.74 Å². The third kappa shape index (κ3) is 7.97. The van der Waals surface area contributed by atoms with Crippen molar-refractivity contribution in [3.8, 4) is 0 Å². The summed E-state index contributed by atoms with van der Waals surface area (Å²) in [6.07, 6.45) is 7.18. The second-order valence-corrected chi connectivity index (χ2v) is 7.54. The van der Waals surface area contributed by atoms with E-state index in [0.29, 0.717) is 19.2 Å². The average Bonchev–Trinajstić information content (AvgIpc) is 3.47. The summed E-state index contributed by atoms with van der Waals surface area (Å²) >= 11 is 0.